The largest absolute Gasteiger partial charge is 0.412 e. The molecular weight excluding hydrogens is 280 g/mol. The molecule has 0 saturated heterocycles. The summed E-state index contributed by atoms with van der Waals surface area (Å²) in [5, 5.41) is 52.2. The van der Waals surface area contributed by atoms with Crippen molar-refractivity contribution in [2.24, 2.45) is 0 Å². The minimum atomic E-state index is -1.67. The van der Waals surface area contributed by atoms with Crippen LogP contribution in [0.15, 0.2) is 0 Å². The normalized spacial score (nSPS) is 13.6. The van der Waals surface area contributed by atoms with Gasteiger partial charge in [-0.15, -0.1) is 0 Å². The highest BCUT2D eigenvalue weighted by Crippen LogP contribution is 2.03. The van der Waals surface area contributed by atoms with Crippen LogP contribution in [-0.4, -0.2) is 107 Å². The molecule has 130 valence electrons. The zero-order valence-electron chi connectivity index (χ0n) is 9.91. The number of hydrogen-bond acceptors (Lipinski definition) is 6. The van der Waals surface area contributed by atoms with Crippen LogP contribution in [0, 0.1) is 0 Å². The fraction of sp³-hybridized carbons (Fsp3) is 1.00. The van der Waals surface area contributed by atoms with E-state index in [1.165, 1.54) is 0 Å². The molecule has 0 radical (unpaired) electrons. The van der Waals surface area contributed by atoms with Gasteiger partial charge in [0.25, 0.3) is 0 Å². The van der Waals surface area contributed by atoms with Gasteiger partial charge in [0.15, 0.2) is 0 Å². The molecule has 20 N–H and O–H groups in total. The summed E-state index contributed by atoms with van der Waals surface area (Å²) >= 11 is 0. The lowest BCUT2D eigenvalue weighted by Crippen LogP contribution is -2.46. The Bertz CT molecular complexity index is 110. The molecule has 0 bridgehead atoms. The smallest absolute Gasteiger partial charge is 0.111 e. The first-order valence-corrected chi connectivity index (χ1v) is 3.48. The molecular formula is C6H28O13. The third-order valence-electron chi connectivity index (χ3n) is 1.51. The van der Waals surface area contributed by atoms with E-state index in [4.69, 9.17) is 30.6 Å². The lowest BCUT2D eigenvalue weighted by atomic mass is 10.0. The topological polar surface area (TPSA) is 342 Å². The van der Waals surface area contributed by atoms with Crippen molar-refractivity contribution in [2.75, 3.05) is 13.2 Å². The molecule has 0 amide bonds. The van der Waals surface area contributed by atoms with Crippen LogP contribution in [0.25, 0.3) is 0 Å². The summed E-state index contributed by atoms with van der Waals surface area (Å²) in [5.41, 5.74) is 0. The van der Waals surface area contributed by atoms with Crippen LogP contribution in [0.3, 0.4) is 0 Å². The van der Waals surface area contributed by atoms with Crippen molar-refractivity contribution in [3.8, 4) is 0 Å². The third-order valence-corrected chi connectivity index (χ3v) is 1.51. The SMILES string of the molecule is O.O.O.O.O.O.O.OC[C@@H](O)[C@@H](O)[C@H](O)[C@@H](O)CO. The van der Waals surface area contributed by atoms with Crippen molar-refractivity contribution in [2.45, 2.75) is 24.4 Å². The molecule has 0 heterocycles. The number of rotatable bonds is 5. The van der Waals surface area contributed by atoms with Crippen LogP contribution in [0.2, 0.25) is 0 Å². The summed E-state index contributed by atoms with van der Waals surface area (Å²) in [6.45, 7) is -1.45. The number of hydrogen-bond donors (Lipinski definition) is 6. The first-order valence-electron chi connectivity index (χ1n) is 3.48. The van der Waals surface area contributed by atoms with Gasteiger partial charge in [-0.3, -0.25) is 0 Å². The van der Waals surface area contributed by atoms with Gasteiger partial charge in [0, 0.05) is 0 Å². The van der Waals surface area contributed by atoms with Gasteiger partial charge >= 0.3 is 0 Å². The van der Waals surface area contributed by atoms with Crippen LogP contribution >= 0.6 is 0 Å². The van der Waals surface area contributed by atoms with Gasteiger partial charge in [-0.1, -0.05) is 0 Å². The maximum atomic E-state index is 8.96. The molecule has 0 aliphatic rings. The number of aliphatic hydroxyl groups is 6. The molecule has 0 fully saturated rings. The molecule has 0 unspecified atom stereocenters. The fourth-order valence-corrected chi connectivity index (χ4v) is 0.671. The molecule has 0 rings (SSSR count). The fourth-order valence-electron chi connectivity index (χ4n) is 0.671. The van der Waals surface area contributed by atoms with Crippen molar-refractivity contribution in [1.29, 1.82) is 0 Å². The molecule has 0 saturated carbocycles. The van der Waals surface area contributed by atoms with E-state index in [0.717, 1.165) is 0 Å². The summed E-state index contributed by atoms with van der Waals surface area (Å²) in [5.74, 6) is 0. The average Bonchev–Trinajstić information content (AvgIpc) is 2.12. The molecule has 0 spiro atoms. The van der Waals surface area contributed by atoms with E-state index in [1.807, 2.05) is 0 Å². The minimum absolute atomic E-state index is 0. The Balaban J connectivity index is -0.0000000288. The van der Waals surface area contributed by atoms with Crippen molar-refractivity contribution >= 4 is 0 Å². The van der Waals surface area contributed by atoms with E-state index in [0.29, 0.717) is 0 Å². The van der Waals surface area contributed by atoms with Gasteiger partial charge in [-0.25, -0.2) is 0 Å². The Kier molecular flexibility index (Phi) is 70.7. The van der Waals surface area contributed by atoms with Crippen molar-refractivity contribution in [3.63, 3.8) is 0 Å². The van der Waals surface area contributed by atoms with Crippen LogP contribution < -0.4 is 0 Å². The summed E-state index contributed by atoms with van der Waals surface area (Å²) in [6, 6.07) is 0. The van der Waals surface area contributed by atoms with Crippen molar-refractivity contribution in [3.05, 3.63) is 0 Å². The van der Waals surface area contributed by atoms with Gasteiger partial charge in [-0.05, 0) is 0 Å². The Morgan fingerprint density at radius 1 is 0.474 bits per heavy atom. The van der Waals surface area contributed by atoms with Gasteiger partial charge in [0.1, 0.15) is 24.4 Å². The highest BCUT2D eigenvalue weighted by atomic mass is 16.4. The maximum absolute atomic E-state index is 8.96. The van der Waals surface area contributed by atoms with Crippen molar-refractivity contribution < 1.29 is 69.0 Å². The second-order valence-corrected chi connectivity index (χ2v) is 2.48. The highest BCUT2D eigenvalue weighted by molar-refractivity contribution is 4.79. The molecule has 4 atom stereocenters. The summed E-state index contributed by atoms with van der Waals surface area (Å²) in [6.07, 6.45) is -6.39. The Morgan fingerprint density at radius 2 is 0.632 bits per heavy atom. The zero-order chi connectivity index (χ0) is 9.72. The van der Waals surface area contributed by atoms with E-state index < -0.39 is 37.6 Å². The van der Waals surface area contributed by atoms with Crippen LogP contribution in [0.1, 0.15) is 0 Å². The maximum Gasteiger partial charge on any atom is 0.111 e. The monoisotopic (exact) mass is 308 g/mol. The summed E-state index contributed by atoms with van der Waals surface area (Å²) < 4.78 is 0. The first kappa shape index (κ1) is 51.4. The van der Waals surface area contributed by atoms with Gasteiger partial charge < -0.3 is 69.0 Å². The lowest BCUT2D eigenvalue weighted by molar-refractivity contribution is -0.123. The van der Waals surface area contributed by atoms with Gasteiger partial charge in [0.05, 0.1) is 13.2 Å². The quantitative estimate of drug-likeness (QED) is 0.285. The van der Waals surface area contributed by atoms with Crippen LogP contribution in [0.5, 0.6) is 0 Å². The zero-order valence-corrected chi connectivity index (χ0v) is 9.91. The minimum Gasteiger partial charge on any atom is -0.412 e. The molecule has 13 heteroatoms. The molecule has 0 aromatic carbocycles. The predicted molar refractivity (Wildman–Crippen MR) is 63.5 cm³/mol. The Labute approximate surface area is 108 Å². The molecule has 0 aliphatic heterocycles. The Hall–Kier alpha value is -0.520. The average molecular weight is 308 g/mol. The standard InChI is InChI=1S/C6H14O6.7H2O/c7-1-3(9)5(11)6(12)4(10)2-8;;;;;;;/h3-12H,1-2H2;7*1H2/t3-,4+,5-,6-;;;;;;;/m1......./s1. The first-order chi connectivity index (χ1) is 5.54. The second kappa shape index (κ2) is 26.1. The summed E-state index contributed by atoms with van der Waals surface area (Å²) in [4.78, 5) is 0. The van der Waals surface area contributed by atoms with Gasteiger partial charge in [0.2, 0.25) is 0 Å². The molecule has 0 aliphatic carbocycles. The van der Waals surface area contributed by atoms with E-state index in [1.54, 1.807) is 0 Å². The molecule has 19 heavy (non-hydrogen) atoms. The molecule has 0 aromatic rings. The summed E-state index contributed by atoms with van der Waals surface area (Å²) in [7, 11) is 0. The van der Waals surface area contributed by atoms with Crippen molar-refractivity contribution in [1.82, 2.24) is 0 Å². The lowest BCUT2D eigenvalue weighted by Gasteiger charge is -2.24. The third kappa shape index (κ3) is 17.5. The van der Waals surface area contributed by atoms with E-state index in [2.05, 4.69) is 0 Å². The molecule has 0 aromatic heterocycles. The van der Waals surface area contributed by atoms with E-state index in [9.17, 15) is 0 Å². The Morgan fingerprint density at radius 3 is 0.737 bits per heavy atom. The highest BCUT2D eigenvalue weighted by Gasteiger charge is 2.29. The van der Waals surface area contributed by atoms with E-state index >= 15 is 0 Å². The van der Waals surface area contributed by atoms with Crippen LogP contribution in [0.4, 0.5) is 0 Å². The van der Waals surface area contributed by atoms with Crippen LogP contribution in [-0.2, 0) is 0 Å². The van der Waals surface area contributed by atoms with Gasteiger partial charge in [-0.2, -0.15) is 0 Å². The molecule has 13 nitrogen and oxygen atoms in total. The van der Waals surface area contributed by atoms with E-state index in [-0.39, 0.29) is 38.3 Å². The number of aliphatic hydroxyl groups excluding tert-OH is 6. The predicted octanol–water partition coefficient (Wildman–Crippen LogP) is -9.36. The second-order valence-electron chi connectivity index (χ2n) is 2.48.